The van der Waals surface area contributed by atoms with Crippen LogP contribution in [0.2, 0.25) is 0 Å². The Balaban J connectivity index is 1.88. The lowest BCUT2D eigenvalue weighted by molar-refractivity contribution is -0.124. The average Bonchev–Trinajstić information content (AvgIpc) is 2.67. The minimum Gasteiger partial charge on any atom is -0.352 e. The summed E-state index contributed by atoms with van der Waals surface area (Å²) in [5.74, 6) is -0.693. The number of hydrogen-bond donors (Lipinski definition) is 3. The molecular formula is C24H32N4O3. The molecule has 0 saturated heterocycles. The lowest BCUT2D eigenvalue weighted by Gasteiger charge is -2.23. The molecule has 2 rings (SSSR count). The van der Waals surface area contributed by atoms with E-state index in [1.165, 1.54) is 0 Å². The van der Waals surface area contributed by atoms with E-state index in [2.05, 4.69) is 16.0 Å². The van der Waals surface area contributed by atoms with Crippen molar-refractivity contribution >= 4 is 23.4 Å². The monoisotopic (exact) mass is 424 g/mol. The maximum absolute atomic E-state index is 12.6. The van der Waals surface area contributed by atoms with Crippen LogP contribution in [0.3, 0.4) is 0 Å². The maximum Gasteiger partial charge on any atom is 0.253 e. The van der Waals surface area contributed by atoms with E-state index in [0.717, 1.165) is 12.0 Å². The molecule has 0 aliphatic heterocycles. The Hall–Kier alpha value is -3.19. The van der Waals surface area contributed by atoms with E-state index >= 15 is 0 Å². The fourth-order valence-electron chi connectivity index (χ4n) is 3.04. The summed E-state index contributed by atoms with van der Waals surface area (Å²) in [6.45, 7) is 6.34. The molecule has 2 aromatic rings. The van der Waals surface area contributed by atoms with Gasteiger partial charge in [-0.2, -0.15) is 0 Å². The van der Waals surface area contributed by atoms with Gasteiger partial charge in [-0.15, -0.1) is 0 Å². The van der Waals surface area contributed by atoms with E-state index in [4.69, 9.17) is 0 Å². The second-order valence-electron chi connectivity index (χ2n) is 8.56. The number of rotatable bonds is 9. The molecule has 0 saturated carbocycles. The van der Waals surface area contributed by atoms with Gasteiger partial charge >= 0.3 is 0 Å². The molecule has 0 spiro atoms. The molecule has 0 unspecified atom stereocenters. The fourth-order valence-corrected chi connectivity index (χ4v) is 3.04. The molecule has 0 aliphatic carbocycles. The summed E-state index contributed by atoms with van der Waals surface area (Å²) in [7, 11) is 1.70. The highest BCUT2D eigenvalue weighted by molar-refractivity contribution is 6.04. The van der Waals surface area contributed by atoms with Gasteiger partial charge in [-0.1, -0.05) is 42.5 Å². The predicted molar refractivity (Wildman–Crippen MR) is 123 cm³/mol. The molecule has 3 N–H and O–H groups in total. The SMILES string of the molecule is CN(CC(=O)Nc1ccccc1C(=O)NCCc1ccccc1)CC(=O)NC(C)(C)C. The summed E-state index contributed by atoms with van der Waals surface area (Å²) in [4.78, 5) is 38.7. The largest absolute Gasteiger partial charge is 0.352 e. The molecule has 0 aromatic heterocycles. The van der Waals surface area contributed by atoms with Crippen molar-refractivity contribution < 1.29 is 14.4 Å². The Morgan fingerprint density at radius 3 is 2.16 bits per heavy atom. The van der Waals surface area contributed by atoms with Gasteiger partial charge in [0.1, 0.15) is 0 Å². The predicted octanol–water partition coefficient (Wildman–Crippen LogP) is 2.44. The van der Waals surface area contributed by atoms with E-state index in [1.807, 2.05) is 51.1 Å². The van der Waals surface area contributed by atoms with Crippen molar-refractivity contribution in [1.82, 2.24) is 15.5 Å². The van der Waals surface area contributed by atoms with Crippen LogP contribution in [0.25, 0.3) is 0 Å². The third-order valence-corrected chi connectivity index (χ3v) is 4.33. The molecule has 3 amide bonds. The van der Waals surface area contributed by atoms with Crippen LogP contribution in [0.5, 0.6) is 0 Å². The number of amides is 3. The van der Waals surface area contributed by atoms with Crippen molar-refractivity contribution in [2.75, 3.05) is 32.0 Å². The fraction of sp³-hybridized carbons (Fsp3) is 0.375. The number of para-hydroxylation sites is 1. The van der Waals surface area contributed by atoms with Crippen molar-refractivity contribution in [3.05, 3.63) is 65.7 Å². The Labute approximate surface area is 184 Å². The third-order valence-electron chi connectivity index (χ3n) is 4.33. The van der Waals surface area contributed by atoms with Gasteiger partial charge in [-0.25, -0.2) is 0 Å². The standard InChI is InChI=1S/C24H32N4O3/c1-24(2,3)27-22(30)17-28(4)16-21(29)26-20-13-9-8-12-19(20)23(31)25-15-14-18-10-6-5-7-11-18/h5-13H,14-17H2,1-4H3,(H,25,31)(H,26,29)(H,27,30). The number of carbonyl (C=O) groups excluding carboxylic acids is 3. The minimum atomic E-state index is -0.326. The minimum absolute atomic E-state index is 0.0293. The molecule has 0 radical (unpaired) electrons. The van der Waals surface area contributed by atoms with Crippen LogP contribution in [0.4, 0.5) is 5.69 Å². The topological polar surface area (TPSA) is 90.5 Å². The van der Waals surface area contributed by atoms with Crippen molar-refractivity contribution in [2.45, 2.75) is 32.7 Å². The number of anilines is 1. The summed E-state index contributed by atoms with van der Waals surface area (Å²) in [6, 6.07) is 16.8. The Bertz CT molecular complexity index is 891. The molecule has 0 fully saturated rings. The Morgan fingerprint density at radius 2 is 1.48 bits per heavy atom. The normalized spacial score (nSPS) is 11.1. The second-order valence-corrected chi connectivity index (χ2v) is 8.56. The van der Waals surface area contributed by atoms with Crippen LogP contribution in [0, 0.1) is 0 Å². The molecule has 0 bridgehead atoms. The number of likely N-dealkylation sites (N-methyl/N-ethyl adjacent to an activating group) is 1. The number of nitrogens with one attached hydrogen (secondary N) is 3. The highest BCUT2D eigenvalue weighted by atomic mass is 16.2. The van der Waals surface area contributed by atoms with Crippen LogP contribution in [-0.2, 0) is 16.0 Å². The van der Waals surface area contributed by atoms with E-state index in [1.54, 1.807) is 36.2 Å². The van der Waals surface area contributed by atoms with E-state index < -0.39 is 0 Å². The van der Waals surface area contributed by atoms with Crippen molar-refractivity contribution in [1.29, 1.82) is 0 Å². The van der Waals surface area contributed by atoms with Gasteiger partial charge in [-0.05, 0) is 51.9 Å². The molecule has 0 heterocycles. The number of carbonyl (C=O) groups is 3. The summed E-state index contributed by atoms with van der Waals surface area (Å²) in [6.07, 6.45) is 0.725. The Morgan fingerprint density at radius 1 is 0.871 bits per heavy atom. The van der Waals surface area contributed by atoms with Crippen LogP contribution >= 0.6 is 0 Å². The zero-order chi connectivity index (χ0) is 22.9. The van der Waals surface area contributed by atoms with Gasteiger partial charge in [0, 0.05) is 12.1 Å². The smallest absolute Gasteiger partial charge is 0.253 e. The molecule has 7 heteroatoms. The highest BCUT2D eigenvalue weighted by Gasteiger charge is 2.17. The number of benzene rings is 2. The van der Waals surface area contributed by atoms with E-state index in [-0.39, 0.29) is 36.3 Å². The molecule has 7 nitrogen and oxygen atoms in total. The molecule has 31 heavy (non-hydrogen) atoms. The van der Waals surface area contributed by atoms with Crippen molar-refractivity contribution in [2.24, 2.45) is 0 Å². The number of hydrogen-bond acceptors (Lipinski definition) is 4. The summed E-state index contributed by atoms with van der Waals surface area (Å²) >= 11 is 0. The zero-order valence-corrected chi connectivity index (χ0v) is 18.7. The third kappa shape index (κ3) is 9.00. The van der Waals surface area contributed by atoms with Gasteiger partial charge < -0.3 is 16.0 Å². The average molecular weight is 425 g/mol. The summed E-state index contributed by atoms with van der Waals surface area (Å²) in [5.41, 5.74) is 1.66. The van der Waals surface area contributed by atoms with Gasteiger partial charge in [0.15, 0.2) is 0 Å². The van der Waals surface area contributed by atoms with Crippen LogP contribution < -0.4 is 16.0 Å². The molecule has 2 aromatic carbocycles. The first kappa shape index (κ1) is 24.1. The van der Waals surface area contributed by atoms with Crippen LogP contribution in [0.1, 0.15) is 36.7 Å². The zero-order valence-electron chi connectivity index (χ0n) is 18.7. The molecule has 0 aliphatic rings. The molecular weight excluding hydrogens is 392 g/mol. The van der Waals surface area contributed by atoms with Crippen molar-refractivity contribution in [3.63, 3.8) is 0 Å². The first-order valence-corrected chi connectivity index (χ1v) is 10.3. The first-order valence-electron chi connectivity index (χ1n) is 10.3. The maximum atomic E-state index is 12.6. The van der Waals surface area contributed by atoms with Gasteiger partial charge in [0.05, 0.1) is 24.3 Å². The quantitative estimate of drug-likeness (QED) is 0.577. The van der Waals surface area contributed by atoms with E-state index in [0.29, 0.717) is 17.8 Å². The summed E-state index contributed by atoms with van der Waals surface area (Å²) < 4.78 is 0. The van der Waals surface area contributed by atoms with Crippen LogP contribution in [-0.4, -0.2) is 54.8 Å². The molecule has 166 valence electrons. The van der Waals surface area contributed by atoms with Gasteiger partial charge in [0.2, 0.25) is 11.8 Å². The first-order chi connectivity index (χ1) is 14.6. The summed E-state index contributed by atoms with van der Waals surface area (Å²) in [5, 5.41) is 8.54. The molecule has 0 atom stereocenters. The lowest BCUT2D eigenvalue weighted by atomic mass is 10.1. The van der Waals surface area contributed by atoms with Crippen molar-refractivity contribution in [3.8, 4) is 0 Å². The number of nitrogens with zero attached hydrogens (tertiary/aromatic N) is 1. The second kappa shape index (κ2) is 11.3. The van der Waals surface area contributed by atoms with E-state index in [9.17, 15) is 14.4 Å². The lowest BCUT2D eigenvalue weighted by Crippen LogP contribution is -2.46. The van der Waals surface area contributed by atoms with Gasteiger partial charge in [-0.3, -0.25) is 19.3 Å². The Kier molecular flexibility index (Phi) is 8.75. The van der Waals surface area contributed by atoms with Crippen LogP contribution in [0.15, 0.2) is 54.6 Å². The van der Waals surface area contributed by atoms with Gasteiger partial charge in [0.25, 0.3) is 5.91 Å². The highest BCUT2D eigenvalue weighted by Crippen LogP contribution is 2.15.